The fourth-order valence-corrected chi connectivity index (χ4v) is 5.50. The van der Waals surface area contributed by atoms with Gasteiger partial charge in [-0.3, -0.25) is 9.59 Å². The third-order valence-corrected chi connectivity index (χ3v) is 7.77. The van der Waals surface area contributed by atoms with E-state index in [0.29, 0.717) is 38.8 Å². The van der Waals surface area contributed by atoms with Crippen LogP contribution in [0.5, 0.6) is 0 Å². The van der Waals surface area contributed by atoms with Gasteiger partial charge in [-0.1, -0.05) is 0 Å². The molecule has 0 bridgehead atoms. The summed E-state index contributed by atoms with van der Waals surface area (Å²) in [6.07, 6.45) is -1.12. The first-order valence-electron chi connectivity index (χ1n) is 14.0. The molecular formula is C29H33F4N7O3. The maximum Gasteiger partial charge on any atom is 0.264 e. The van der Waals surface area contributed by atoms with E-state index in [1.807, 2.05) is 32.7 Å². The first kappa shape index (κ1) is 30.4. The fourth-order valence-electron chi connectivity index (χ4n) is 5.50. The molecule has 230 valence electrons. The van der Waals surface area contributed by atoms with Crippen LogP contribution in [0.15, 0.2) is 35.4 Å². The highest BCUT2D eigenvalue weighted by Gasteiger charge is 2.31. The number of aromatic nitrogens is 3. The Morgan fingerprint density at radius 1 is 1.09 bits per heavy atom. The molecule has 3 atom stereocenters. The molecular weight excluding hydrogens is 570 g/mol. The van der Waals surface area contributed by atoms with Gasteiger partial charge in [0.25, 0.3) is 12.3 Å². The van der Waals surface area contributed by atoms with Gasteiger partial charge in [0.05, 0.1) is 34.7 Å². The van der Waals surface area contributed by atoms with Crippen LogP contribution >= 0.6 is 0 Å². The van der Waals surface area contributed by atoms with Gasteiger partial charge in [0.15, 0.2) is 5.82 Å². The van der Waals surface area contributed by atoms with E-state index in [-0.39, 0.29) is 35.6 Å². The quantitative estimate of drug-likeness (QED) is 0.407. The van der Waals surface area contributed by atoms with Crippen molar-refractivity contribution in [3.8, 4) is 11.3 Å². The lowest BCUT2D eigenvalue weighted by molar-refractivity contribution is -0.00572. The molecule has 0 radical (unpaired) electrons. The Kier molecular flexibility index (Phi) is 8.69. The summed E-state index contributed by atoms with van der Waals surface area (Å²) in [6, 6.07) is 3.12. The minimum Gasteiger partial charge on any atom is -0.372 e. The number of halogens is 4. The van der Waals surface area contributed by atoms with Crippen molar-refractivity contribution in [2.75, 3.05) is 54.9 Å². The summed E-state index contributed by atoms with van der Waals surface area (Å²) >= 11 is 0. The third-order valence-electron chi connectivity index (χ3n) is 7.77. The van der Waals surface area contributed by atoms with Crippen LogP contribution in [-0.4, -0.2) is 83.8 Å². The van der Waals surface area contributed by atoms with E-state index in [1.165, 1.54) is 12.3 Å². The number of pyridine rings is 1. The number of piperazine rings is 1. The number of alkyl halides is 2. The van der Waals surface area contributed by atoms with Crippen molar-refractivity contribution in [3.63, 3.8) is 0 Å². The van der Waals surface area contributed by atoms with Gasteiger partial charge in [0.2, 0.25) is 11.5 Å². The van der Waals surface area contributed by atoms with Crippen LogP contribution in [-0.2, 0) is 4.74 Å². The van der Waals surface area contributed by atoms with E-state index in [1.54, 1.807) is 4.90 Å². The molecule has 0 aliphatic carbocycles. The summed E-state index contributed by atoms with van der Waals surface area (Å²) in [6.45, 7) is 8.09. The van der Waals surface area contributed by atoms with Crippen molar-refractivity contribution >= 4 is 23.2 Å². The molecule has 3 unspecified atom stereocenters. The van der Waals surface area contributed by atoms with Crippen LogP contribution < -0.4 is 20.7 Å². The van der Waals surface area contributed by atoms with Gasteiger partial charge in [-0.2, -0.15) is 0 Å². The average Bonchev–Trinajstić information content (AvgIpc) is 2.95. The zero-order valence-corrected chi connectivity index (χ0v) is 24.2. The Morgan fingerprint density at radius 2 is 1.81 bits per heavy atom. The zero-order valence-electron chi connectivity index (χ0n) is 24.2. The van der Waals surface area contributed by atoms with Crippen molar-refractivity contribution < 1.29 is 27.1 Å². The van der Waals surface area contributed by atoms with Crippen LogP contribution in [0.3, 0.4) is 0 Å². The van der Waals surface area contributed by atoms with Crippen molar-refractivity contribution in [2.45, 2.75) is 45.4 Å². The molecule has 1 aromatic carbocycles. The molecule has 2 aliphatic heterocycles. The van der Waals surface area contributed by atoms with Crippen molar-refractivity contribution in [3.05, 3.63) is 63.7 Å². The number of nitrogens with zero attached hydrogens (tertiary/aromatic N) is 5. The monoisotopic (exact) mass is 603 g/mol. The van der Waals surface area contributed by atoms with Crippen LogP contribution in [0.25, 0.3) is 11.3 Å². The van der Waals surface area contributed by atoms with Gasteiger partial charge in [-0.15, -0.1) is 0 Å². The number of hydrogen-bond acceptors (Lipinski definition) is 8. The standard InChI is InChI=1S/C29H33F4N7O3/c1-15-12-39(8-7-38(15)4)22-10-20(30)24(21-5-6-34-29(36-21)40-13-16(2)43-17(3)14-40)25(31)26(22)37-28(42)19-11-35-23(41)9-18(19)27(32)33/h5-6,9-11,15-17,27H,7-8,12-14H2,1-4H3,(H,35,41)(H,37,42). The van der Waals surface area contributed by atoms with E-state index < -0.39 is 51.9 Å². The molecule has 2 aromatic heterocycles. The fraction of sp³-hybridized carbons (Fsp3) is 0.448. The molecule has 4 heterocycles. The number of likely N-dealkylation sites (N-methyl/N-ethyl adjacent to an activating group) is 1. The summed E-state index contributed by atoms with van der Waals surface area (Å²) in [5, 5.41) is 2.40. The molecule has 0 spiro atoms. The van der Waals surface area contributed by atoms with Gasteiger partial charge in [0, 0.05) is 68.9 Å². The molecule has 5 rings (SSSR count). The molecule has 14 heteroatoms. The van der Waals surface area contributed by atoms with Gasteiger partial charge < -0.3 is 29.7 Å². The van der Waals surface area contributed by atoms with Crippen LogP contribution in [0.2, 0.25) is 0 Å². The molecule has 3 aromatic rings. The number of benzene rings is 1. The first-order valence-corrected chi connectivity index (χ1v) is 14.0. The molecule has 2 aliphatic rings. The number of nitrogens with one attached hydrogen (secondary N) is 2. The highest BCUT2D eigenvalue weighted by molar-refractivity contribution is 6.07. The van der Waals surface area contributed by atoms with Crippen LogP contribution in [0, 0.1) is 11.6 Å². The van der Waals surface area contributed by atoms with Gasteiger partial charge in [0.1, 0.15) is 11.5 Å². The Morgan fingerprint density at radius 3 is 2.49 bits per heavy atom. The van der Waals surface area contributed by atoms with Gasteiger partial charge >= 0.3 is 0 Å². The largest absolute Gasteiger partial charge is 0.372 e. The van der Waals surface area contributed by atoms with E-state index >= 15 is 8.78 Å². The normalized spacial score (nSPS) is 21.4. The Hall–Kier alpha value is -4.04. The minimum atomic E-state index is -3.14. The number of carbonyl (C=O) groups is 1. The molecule has 2 N–H and O–H groups in total. The summed E-state index contributed by atoms with van der Waals surface area (Å²) in [5.41, 5.74) is -3.07. The second kappa shape index (κ2) is 12.3. The Bertz CT molecular complexity index is 1560. The number of carbonyl (C=O) groups excluding carboxylic acids is 1. The maximum absolute atomic E-state index is 16.5. The first-order chi connectivity index (χ1) is 20.4. The number of rotatable bonds is 6. The minimum absolute atomic E-state index is 0.0236. The highest BCUT2D eigenvalue weighted by atomic mass is 19.3. The number of amides is 1. The number of aromatic amines is 1. The van der Waals surface area contributed by atoms with Crippen LogP contribution in [0.1, 0.15) is 43.1 Å². The summed E-state index contributed by atoms with van der Waals surface area (Å²) in [5.74, 6) is -2.86. The number of H-pyrrole nitrogens is 1. The van der Waals surface area contributed by atoms with Crippen LogP contribution in [0.4, 0.5) is 34.9 Å². The Labute approximate surface area is 245 Å². The lowest BCUT2D eigenvalue weighted by Crippen LogP contribution is -2.50. The molecule has 1 amide bonds. The zero-order chi connectivity index (χ0) is 31.0. The van der Waals surface area contributed by atoms with E-state index in [2.05, 4.69) is 25.2 Å². The number of morpholine rings is 1. The lowest BCUT2D eigenvalue weighted by atomic mass is 10.0. The predicted octanol–water partition coefficient (Wildman–Crippen LogP) is 4.05. The summed E-state index contributed by atoms with van der Waals surface area (Å²) < 4.78 is 65.6. The van der Waals surface area contributed by atoms with E-state index in [0.717, 1.165) is 12.3 Å². The van der Waals surface area contributed by atoms with Crippen molar-refractivity contribution in [2.24, 2.45) is 0 Å². The van der Waals surface area contributed by atoms with E-state index in [4.69, 9.17) is 4.74 Å². The molecule has 0 saturated carbocycles. The smallest absolute Gasteiger partial charge is 0.264 e. The molecule has 43 heavy (non-hydrogen) atoms. The van der Waals surface area contributed by atoms with Crippen molar-refractivity contribution in [1.29, 1.82) is 0 Å². The van der Waals surface area contributed by atoms with E-state index in [9.17, 15) is 18.4 Å². The average molecular weight is 604 g/mol. The number of hydrogen-bond donors (Lipinski definition) is 2. The maximum atomic E-state index is 16.5. The number of anilines is 3. The SMILES string of the molecule is CC1CN(c2nccc(-c3c(F)cc(N4CCN(C)C(C)C4)c(NC(=O)c4c[nH]c(=O)cc4C(F)F)c3F)n2)CC(C)O1. The number of ether oxygens (including phenoxy) is 1. The topological polar surface area (TPSA) is 107 Å². The third kappa shape index (κ3) is 6.34. The Balaban J connectivity index is 1.60. The second-order valence-electron chi connectivity index (χ2n) is 11.0. The second-order valence-corrected chi connectivity index (χ2v) is 11.0. The summed E-state index contributed by atoms with van der Waals surface area (Å²) in [7, 11) is 1.93. The summed E-state index contributed by atoms with van der Waals surface area (Å²) in [4.78, 5) is 41.6. The molecule has 2 fully saturated rings. The van der Waals surface area contributed by atoms with Gasteiger partial charge in [-0.05, 0) is 33.9 Å². The van der Waals surface area contributed by atoms with Crippen molar-refractivity contribution in [1.82, 2.24) is 19.9 Å². The highest BCUT2D eigenvalue weighted by Crippen LogP contribution is 2.39. The molecule has 2 saturated heterocycles. The molecule has 10 nitrogen and oxygen atoms in total. The lowest BCUT2D eigenvalue weighted by Gasteiger charge is -2.39. The predicted molar refractivity (Wildman–Crippen MR) is 154 cm³/mol. The van der Waals surface area contributed by atoms with Gasteiger partial charge in [-0.25, -0.2) is 27.5 Å².